The molecule has 0 aromatic heterocycles. The molecule has 0 aliphatic carbocycles. The lowest BCUT2D eigenvalue weighted by atomic mass is 10.6. The van der Waals surface area contributed by atoms with Crippen LogP contribution >= 0.6 is 45.9 Å². The van der Waals surface area contributed by atoms with Crippen LogP contribution in [0, 0.1) is 0 Å². The molecule has 0 unspecified atom stereocenters. The first-order chi connectivity index (χ1) is 5.47. The Hall–Kier alpha value is 1.87. The predicted octanol–water partition coefficient (Wildman–Crippen LogP) is 4.98. The van der Waals surface area contributed by atoms with Gasteiger partial charge in [0.2, 0.25) is 5.31 Å². The van der Waals surface area contributed by atoms with E-state index in [-0.39, 0.29) is 0 Å². The molecule has 0 nitrogen and oxygen atoms in total. The molecule has 12 heavy (non-hydrogen) atoms. The van der Waals surface area contributed by atoms with Crippen LogP contribution in [0.1, 0.15) is 13.3 Å². The summed E-state index contributed by atoms with van der Waals surface area (Å²) in [7, 11) is 0. The van der Waals surface area contributed by atoms with Crippen molar-refractivity contribution in [2.24, 2.45) is 0 Å². The van der Waals surface area contributed by atoms with Crippen LogP contribution in [0.5, 0.6) is 0 Å². The van der Waals surface area contributed by atoms with Gasteiger partial charge in [-0.1, -0.05) is 13.3 Å². The Balaban J connectivity index is 2.44. The fourth-order valence-electron chi connectivity index (χ4n) is 1.76. The van der Waals surface area contributed by atoms with E-state index < -0.39 is 12.0 Å². The smallest absolute Gasteiger partial charge is 0.126 e. The molecule has 1 aliphatic rings. The van der Waals surface area contributed by atoms with Crippen LogP contribution in [0.25, 0.3) is 0 Å². The first kappa shape index (κ1) is 11.9. The first-order valence-corrected chi connectivity index (χ1v) is 16.3. The van der Waals surface area contributed by atoms with E-state index in [0.29, 0.717) is 0 Å². The molecule has 0 aromatic rings. The van der Waals surface area contributed by atoms with Gasteiger partial charge < -0.3 is 0 Å². The van der Waals surface area contributed by atoms with Crippen molar-refractivity contribution in [3.63, 3.8) is 0 Å². The molecule has 0 bridgehead atoms. The Kier molecular flexibility index (Phi) is 4.57. The van der Waals surface area contributed by atoms with Gasteiger partial charge in [-0.25, -0.2) is 0 Å². The summed E-state index contributed by atoms with van der Waals surface area (Å²) in [6.45, 7) is 1.36. The van der Waals surface area contributed by atoms with Crippen molar-refractivity contribution in [2.45, 2.75) is 43.6 Å². The zero-order valence-electron chi connectivity index (χ0n) is 7.38. The maximum absolute atomic E-state index is 4.03. The van der Waals surface area contributed by atoms with E-state index in [1.54, 1.807) is 0 Å². The van der Waals surface area contributed by atoms with Crippen LogP contribution in [0.2, 0.25) is 30.2 Å². The van der Waals surface area contributed by atoms with Crippen LogP contribution in [0.4, 0.5) is 0 Å². The highest BCUT2D eigenvalue weighted by Gasteiger charge is 2.41. The van der Waals surface area contributed by atoms with E-state index in [2.05, 4.69) is 52.8 Å². The molecular formula is C7H15Br3Si2. The topological polar surface area (TPSA) is 0 Å². The van der Waals surface area contributed by atoms with Crippen molar-refractivity contribution in [3.8, 4) is 0 Å². The largest absolute Gasteiger partial charge is 0.200 e. The normalized spacial score (nSPS) is 27.0. The molecule has 1 heterocycles. The highest BCUT2D eigenvalue weighted by Crippen LogP contribution is 2.46. The standard InChI is InChI=1S/C7H15Br3Si2/c1-2-3-11(8)4-6-12(9,10)7-5-11/h2-7H2,1H3. The fourth-order valence-corrected chi connectivity index (χ4v) is 22.1. The molecule has 0 amide bonds. The lowest BCUT2D eigenvalue weighted by molar-refractivity contribution is 1.02. The van der Waals surface area contributed by atoms with E-state index >= 15 is 0 Å². The van der Waals surface area contributed by atoms with Gasteiger partial charge in [-0.05, 0) is 30.2 Å². The van der Waals surface area contributed by atoms with Crippen molar-refractivity contribution < 1.29 is 0 Å². The third-order valence-electron chi connectivity index (χ3n) is 2.58. The summed E-state index contributed by atoms with van der Waals surface area (Å²) in [4.78, 5) is 0. The summed E-state index contributed by atoms with van der Waals surface area (Å²) >= 11 is 11.7. The Morgan fingerprint density at radius 1 is 1.00 bits per heavy atom. The van der Waals surface area contributed by atoms with E-state index in [1.807, 2.05) is 0 Å². The van der Waals surface area contributed by atoms with Gasteiger partial charge in [0, 0.05) is 0 Å². The molecule has 0 aromatic carbocycles. The molecule has 1 rings (SSSR count). The predicted molar refractivity (Wildman–Crippen MR) is 72.6 cm³/mol. The van der Waals surface area contributed by atoms with Crippen molar-refractivity contribution in [3.05, 3.63) is 0 Å². The third-order valence-corrected chi connectivity index (χ3v) is 17.6. The molecule has 72 valence electrons. The van der Waals surface area contributed by atoms with Gasteiger partial charge in [-0.2, -0.15) is 0 Å². The molecule has 0 saturated carbocycles. The molecule has 5 heteroatoms. The Morgan fingerprint density at radius 3 is 1.92 bits per heavy atom. The summed E-state index contributed by atoms with van der Waals surface area (Å²) in [6, 6.07) is 7.26. The quantitative estimate of drug-likeness (QED) is 0.457. The van der Waals surface area contributed by atoms with Gasteiger partial charge in [0.25, 0.3) is 0 Å². The summed E-state index contributed by atoms with van der Waals surface area (Å²) in [6.07, 6.45) is 1.36. The van der Waals surface area contributed by atoms with E-state index in [4.69, 9.17) is 0 Å². The van der Waals surface area contributed by atoms with E-state index in [1.165, 1.54) is 36.6 Å². The maximum atomic E-state index is 4.03. The minimum Gasteiger partial charge on any atom is -0.126 e. The molecule has 0 radical (unpaired) electrons. The molecular weight excluding hydrogens is 380 g/mol. The van der Waals surface area contributed by atoms with Gasteiger partial charge >= 0.3 is 0 Å². The van der Waals surface area contributed by atoms with Gasteiger partial charge in [0.15, 0.2) is 0 Å². The Bertz CT molecular complexity index is 151. The fraction of sp³-hybridized carbons (Fsp3) is 1.00. The van der Waals surface area contributed by atoms with Crippen LogP contribution in [0.15, 0.2) is 0 Å². The summed E-state index contributed by atoms with van der Waals surface area (Å²) in [5.74, 6) is 0. The average Bonchev–Trinajstić information content (AvgIpc) is 1.98. The number of hydrogen-bond donors (Lipinski definition) is 0. The lowest BCUT2D eigenvalue weighted by Crippen LogP contribution is -2.36. The van der Waals surface area contributed by atoms with Crippen LogP contribution < -0.4 is 0 Å². The second-order valence-corrected chi connectivity index (χ2v) is 27.6. The van der Waals surface area contributed by atoms with Crippen molar-refractivity contribution in [1.29, 1.82) is 0 Å². The summed E-state index contributed by atoms with van der Waals surface area (Å²) in [5.41, 5.74) is 0. The van der Waals surface area contributed by atoms with Gasteiger partial charge in [0.1, 0.15) is 6.69 Å². The monoisotopic (exact) mass is 392 g/mol. The average molecular weight is 395 g/mol. The van der Waals surface area contributed by atoms with Gasteiger partial charge in [-0.3, -0.25) is 0 Å². The zero-order chi connectivity index (χ0) is 9.24. The number of rotatable bonds is 2. The van der Waals surface area contributed by atoms with Crippen molar-refractivity contribution >= 4 is 57.9 Å². The van der Waals surface area contributed by atoms with Crippen LogP contribution in [0.3, 0.4) is 0 Å². The molecule has 0 atom stereocenters. The minimum atomic E-state index is -1.08. The Morgan fingerprint density at radius 2 is 1.50 bits per heavy atom. The van der Waals surface area contributed by atoms with Crippen molar-refractivity contribution in [1.82, 2.24) is 0 Å². The molecule has 1 aliphatic heterocycles. The first-order valence-electron chi connectivity index (χ1n) is 4.54. The summed E-state index contributed by atoms with van der Waals surface area (Å²) in [5, 5.41) is -1.08. The second-order valence-electron chi connectivity index (χ2n) is 3.76. The van der Waals surface area contributed by atoms with Gasteiger partial charge in [0.05, 0.1) is 0 Å². The molecule has 0 spiro atoms. The SMILES string of the molecule is CCC[Si]1(Br)CC[Si](Br)(Br)CC1. The maximum Gasteiger partial charge on any atom is 0.200 e. The van der Waals surface area contributed by atoms with Crippen LogP contribution in [-0.2, 0) is 0 Å². The molecule has 1 fully saturated rings. The Labute approximate surface area is 101 Å². The van der Waals surface area contributed by atoms with E-state index in [0.717, 1.165) is 0 Å². The highest BCUT2D eigenvalue weighted by molar-refractivity contribution is 9.51. The number of halogens is 3. The third kappa shape index (κ3) is 3.55. The zero-order valence-corrected chi connectivity index (χ0v) is 14.1. The van der Waals surface area contributed by atoms with E-state index in [9.17, 15) is 0 Å². The summed E-state index contributed by atoms with van der Waals surface area (Å²) < 4.78 is 0. The van der Waals surface area contributed by atoms with Gasteiger partial charge in [-0.15, -0.1) is 45.9 Å². The molecule has 1 saturated heterocycles. The molecule has 0 N–H and O–H groups in total. The lowest BCUT2D eigenvalue weighted by Gasteiger charge is -2.34. The highest BCUT2D eigenvalue weighted by atomic mass is 79.9. The second kappa shape index (κ2) is 4.60. The van der Waals surface area contributed by atoms with Crippen LogP contribution in [-0.4, -0.2) is 12.0 Å². The number of hydrogen-bond acceptors (Lipinski definition) is 0. The van der Waals surface area contributed by atoms with Crippen molar-refractivity contribution in [2.75, 3.05) is 0 Å². The minimum absolute atomic E-state index is 0.938.